The van der Waals surface area contributed by atoms with Crippen LogP contribution in [0, 0.1) is 0 Å². The molecule has 4 N–H and O–H groups in total. The van der Waals surface area contributed by atoms with Gasteiger partial charge in [-0.15, -0.1) is 0 Å². The molecule has 0 radical (unpaired) electrons. The van der Waals surface area contributed by atoms with Crippen LogP contribution < -0.4 is 5.73 Å². The van der Waals surface area contributed by atoms with E-state index in [4.69, 9.17) is 19.7 Å². The molecular weight excluding hydrogens is 400 g/mol. The van der Waals surface area contributed by atoms with Gasteiger partial charge in [0, 0.05) is 0 Å². The summed E-state index contributed by atoms with van der Waals surface area (Å²) in [5.74, 6) is 0.669. The number of fused-ring (bicyclic) bond motifs is 1. The lowest BCUT2D eigenvalue weighted by atomic mass is 10.1. The van der Waals surface area contributed by atoms with E-state index in [1.54, 1.807) is 19.9 Å². The highest BCUT2D eigenvalue weighted by Gasteiger charge is 2.49. The molecule has 1 aliphatic rings. The Labute approximate surface area is 159 Å². The monoisotopic (exact) mass is 419 g/mol. The minimum Gasteiger partial charge on any atom is -0.487 e. The highest BCUT2D eigenvalue weighted by atomic mass is 32.5. The normalized spacial score (nSPS) is 26.6. The van der Waals surface area contributed by atoms with E-state index in [1.807, 2.05) is 0 Å². The highest BCUT2D eigenvalue weighted by molar-refractivity contribution is 8.06. The van der Waals surface area contributed by atoms with Crippen LogP contribution in [0.5, 0.6) is 0 Å². The van der Waals surface area contributed by atoms with E-state index in [2.05, 4.69) is 26.8 Å². The Kier molecular flexibility index (Phi) is 5.75. The molecule has 0 spiro atoms. The number of ether oxygens (including phenoxy) is 2. The molecule has 2 unspecified atom stereocenters. The first-order valence-corrected chi connectivity index (χ1v) is 10.6. The van der Waals surface area contributed by atoms with E-state index in [0.717, 1.165) is 0 Å². The van der Waals surface area contributed by atoms with Crippen LogP contribution in [-0.2, 0) is 25.8 Å². The highest BCUT2D eigenvalue weighted by Crippen LogP contribution is 2.41. The van der Waals surface area contributed by atoms with Crippen molar-refractivity contribution in [2.24, 2.45) is 0 Å². The third kappa shape index (κ3) is 4.26. The van der Waals surface area contributed by atoms with Crippen molar-refractivity contribution in [3.05, 3.63) is 24.5 Å². The molecule has 0 amide bonds. The molecule has 0 bridgehead atoms. The number of hydrogen-bond acceptors (Lipinski definition) is 8. The number of nitrogen functional groups attached to an aromatic ring is 1. The molecule has 0 aromatic carbocycles. The minimum absolute atomic E-state index is 0.178. The van der Waals surface area contributed by atoms with Gasteiger partial charge >= 0.3 is 6.72 Å². The van der Waals surface area contributed by atoms with Crippen molar-refractivity contribution >= 4 is 35.5 Å². The number of nitrogens with two attached hydrogens (primary N) is 1. The minimum atomic E-state index is -3.95. The number of rotatable bonds is 6. The van der Waals surface area contributed by atoms with Gasteiger partial charge < -0.3 is 29.5 Å². The summed E-state index contributed by atoms with van der Waals surface area (Å²) in [6, 6.07) is 0. The first-order valence-electron chi connectivity index (χ1n) is 7.93. The van der Waals surface area contributed by atoms with Crippen LogP contribution in [0.2, 0.25) is 0 Å². The van der Waals surface area contributed by atoms with Gasteiger partial charge in [-0.1, -0.05) is 0 Å². The fourth-order valence-corrected chi connectivity index (χ4v) is 3.21. The van der Waals surface area contributed by atoms with Crippen LogP contribution in [0.3, 0.4) is 0 Å². The Morgan fingerprint density at radius 1 is 1.48 bits per heavy atom. The van der Waals surface area contributed by atoms with E-state index in [9.17, 15) is 9.79 Å². The average molecular weight is 419 g/mol. The quantitative estimate of drug-likeness (QED) is 0.462. The van der Waals surface area contributed by atoms with E-state index >= 15 is 4.39 Å². The van der Waals surface area contributed by atoms with Crippen molar-refractivity contribution in [1.82, 2.24) is 19.5 Å². The number of halogens is 1. The van der Waals surface area contributed by atoms with Crippen LogP contribution in [-0.4, -0.2) is 54.3 Å². The largest absolute Gasteiger partial charge is 0.487 e. The van der Waals surface area contributed by atoms with Crippen LogP contribution in [0.1, 0.15) is 20.1 Å². The lowest BCUT2D eigenvalue weighted by Crippen LogP contribution is -2.32. The predicted octanol–water partition coefficient (Wildman–Crippen LogP) is 1.18. The average Bonchev–Trinajstić information content (AvgIpc) is 3.15. The standard InChI is InChI=1S/C14H19FN5O5PS/c1-3-7(2)24-11-9(15)8(4-23-26(21,22)27)25-14(11)20-6-19-10-12(16)17-5-18-13(10)20/h3,5-6,8-9,11,14H,4H2,1-2H3,(H2,16,17,18)(H2,21,22,27)/b7-3+/t8-,9?,11?,14-/m1/s1. The van der Waals surface area contributed by atoms with Crippen molar-refractivity contribution in [3.8, 4) is 0 Å². The van der Waals surface area contributed by atoms with Crippen molar-refractivity contribution in [3.63, 3.8) is 0 Å². The Hall–Kier alpha value is -1.69. The molecule has 2 aromatic rings. The first-order chi connectivity index (χ1) is 12.7. The van der Waals surface area contributed by atoms with Crippen molar-refractivity contribution < 1.29 is 28.2 Å². The summed E-state index contributed by atoms with van der Waals surface area (Å²) in [5.41, 5.74) is 6.49. The number of allylic oxidation sites excluding steroid dienone is 2. The number of nitrogens with zero attached hydrogens (tertiary/aromatic N) is 4. The number of imidazole rings is 1. The number of hydrogen-bond donors (Lipinski definition) is 3. The van der Waals surface area contributed by atoms with Crippen molar-refractivity contribution in [2.45, 2.75) is 38.5 Å². The van der Waals surface area contributed by atoms with Gasteiger partial charge in [-0.2, -0.15) is 0 Å². The SMILES string of the molecule is C/C=C(\C)OC1C(F)[C@@H](COP(O)(O)=S)O[C@H]1n1cnc2c(N)ncnc21. The number of alkyl halides is 1. The summed E-state index contributed by atoms with van der Waals surface area (Å²) in [6.45, 7) is -0.955. The maximum Gasteiger partial charge on any atom is 0.321 e. The van der Waals surface area contributed by atoms with E-state index in [0.29, 0.717) is 16.9 Å². The van der Waals surface area contributed by atoms with Gasteiger partial charge in [0.1, 0.15) is 17.9 Å². The fourth-order valence-electron chi connectivity index (χ4n) is 2.69. The van der Waals surface area contributed by atoms with Crippen LogP contribution in [0.25, 0.3) is 11.2 Å². The van der Waals surface area contributed by atoms with Gasteiger partial charge in [-0.3, -0.25) is 4.57 Å². The zero-order valence-corrected chi connectivity index (χ0v) is 16.2. The Bertz CT molecular complexity index is 905. The zero-order chi connectivity index (χ0) is 19.8. The summed E-state index contributed by atoms with van der Waals surface area (Å²) in [5, 5.41) is 0. The second-order valence-corrected chi connectivity index (χ2v) is 8.53. The molecule has 3 heterocycles. The Morgan fingerprint density at radius 2 is 2.22 bits per heavy atom. The first kappa shape index (κ1) is 20.1. The summed E-state index contributed by atoms with van der Waals surface area (Å²) < 4.78 is 32.7. The van der Waals surface area contributed by atoms with Crippen LogP contribution in [0.4, 0.5) is 10.2 Å². The molecule has 1 fully saturated rings. The number of anilines is 1. The molecule has 0 saturated carbocycles. The molecule has 10 nitrogen and oxygen atoms in total. The van der Waals surface area contributed by atoms with Gasteiger partial charge in [0.2, 0.25) is 0 Å². The maximum absolute atomic E-state index is 15.0. The smallest absolute Gasteiger partial charge is 0.321 e. The molecular formula is C14H19FN5O5PS. The van der Waals surface area contributed by atoms with Gasteiger partial charge in [0.25, 0.3) is 0 Å². The van der Waals surface area contributed by atoms with Gasteiger partial charge in [0.05, 0.1) is 18.7 Å². The zero-order valence-electron chi connectivity index (χ0n) is 14.5. The van der Waals surface area contributed by atoms with Gasteiger partial charge in [0.15, 0.2) is 30.0 Å². The molecule has 4 atom stereocenters. The summed E-state index contributed by atoms with van der Waals surface area (Å²) in [4.78, 5) is 30.6. The molecule has 27 heavy (non-hydrogen) atoms. The Balaban J connectivity index is 1.94. The molecule has 2 aromatic heterocycles. The molecule has 1 aliphatic heterocycles. The van der Waals surface area contributed by atoms with Crippen LogP contribution >= 0.6 is 6.72 Å². The molecule has 3 rings (SSSR count). The number of aromatic nitrogens is 4. The van der Waals surface area contributed by atoms with E-state index < -0.39 is 37.9 Å². The lowest BCUT2D eigenvalue weighted by Gasteiger charge is -2.22. The summed E-state index contributed by atoms with van der Waals surface area (Å²) >= 11 is 4.40. The molecule has 13 heteroatoms. The van der Waals surface area contributed by atoms with Crippen LogP contribution in [0.15, 0.2) is 24.5 Å². The Morgan fingerprint density at radius 3 is 2.89 bits per heavy atom. The van der Waals surface area contributed by atoms with E-state index in [-0.39, 0.29) is 5.82 Å². The topological polar surface area (TPSA) is 138 Å². The fraction of sp³-hybridized carbons (Fsp3) is 0.500. The third-order valence-corrected chi connectivity index (χ3v) is 4.86. The molecule has 1 saturated heterocycles. The van der Waals surface area contributed by atoms with Crippen molar-refractivity contribution in [1.29, 1.82) is 0 Å². The van der Waals surface area contributed by atoms with E-state index in [1.165, 1.54) is 17.2 Å². The van der Waals surface area contributed by atoms with Gasteiger partial charge in [-0.25, -0.2) is 19.3 Å². The predicted molar refractivity (Wildman–Crippen MR) is 97.5 cm³/mol. The molecule has 148 valence electrons. The lowest BCUT2D eigenvalue weighted by molar-refractivity contribution is -0.0537. The van der Waals surface area contributed by atoms with Gasteiger partial charge in [-0.05, 0) is 31.7 Å². The third-order valence-electron chi connectivity index (χ3n) is 4.06. The summed E-state index contributed by atoms with van der Waals surface area (Å²) in [6.07, 6.45) is -0.428. The second kappa shape index (κ2) is 7.74. The molecule has 0 aliphatic carbocycles. The van der Waals surface area contributed by atoms with Crippen molar-refractivity contribution in [2.75, 3.05) is 12.3 Å². The summed E-state index contributed by atoms with van der Waals surface area (Å²) in [7, 11) is 0. The second-order valence-electron chi connectivity index (χ2n) is 5.86. The maximum atomic E-state index is 15.0.